The largest absolute Gasteiger partial charge is 0.313 e. The molecule has 2 aromatic heterocycles. The molecule has 0 atom stereocenters. The number of hydrogen-bond acceptors (Lipinski definition) is 0. The zero-order chi connectivity index (χ0) is 15.3. The molecular formula is C20H16FN. The molecule has 0 N–H and O–H groups in total. The number of allylic oxidation sites excluding steroid dienone is 1. The lowest BCUT2D eigenvalue weighted by atomic mass is 10.0. The molecule has 0 fully saturated rings. The molecule has 2 heteroatoms. The fraction of sp³-hybridized carbons (Fsp3) is 0.100. The van der Waals surface area contributed by atoms with Crippen LogP contribution in [0.4, 0.5) is 4.39 Å². The van der Waals surface area contributed by atoms with E-state index >= 15 is 0 Å². The summed E-state index contributed by atoms with van der Waals surface area (Å²) in [7, 11) is 0. The van der Waals surface area contributed by atoms with Gasteiger partial charge in [-0.25, -0.2) is 4.39 Å². The average Bonchev–Trinajstić information content (AvgIpc) is 2.86. The Bertz CT molecular complexity index is 1040. The second kappa shape index (κ2) is 4.70. The summed E-state index contributed by atoms with van der Waals surface area (Å²) in [5, 5.41) is 3.50. The number of pyridine rings is 1. The van der Waals surface area contributed by atoms with E-state index < -0.39 is 0 Å². The van der Waals surface area contributed by atoms with Crippen LogP contribution in [0.2, 0.25) is 0 Å². The molecule has 0 bridgehead atoms. The average molecular weight is 289 g/mol. The van der Waals surface area contributed by atoms with Crippen molar-refractivity contribution >= 4 is 27.2 Å². The number of rotatable bonds is 2. The van der Waals surface area contributed by atoms with E-state index in [-0.39, 0.29) is 5.82 Å². The minimum absolute atomic E-state index is 0.202. The lowest BCUT2D eigenvalue weighted by molar-refractivity contribution is 0.629. The van der Waals surface area contributed by atoms with Gasteiger partial charge in [-0.1, -0.05) is 24.3 Å². The topological polar surface area (TPSA) is 4.41 Å². The summed E-state index contributed by atoms with van der Waals surface area (Å²) < 4.78 is 15.8. The van der Waals surface area contributed by atoms with Crippen molar-refractivity contribution in [3.63, 3.8) is 0 Å². The van der Waals surface area contributed by atoms with Crippen molar-refractivity contribution in [1.29, 1.82) is 0 Å². The molecule has 4 rings (SSSR count). The van der Waals surface area contributed by atoms with Crippen molar-refractivity contribution < 1.29 is 4.39 Å². The van der Waals surface area contributed by atoms with Crippen molar-refractivity contribution in [3.05, 3.63) is 78.3 Å². The Morgan fingerprint density at radius 1 is 1.05 bits per heavy atom. The van der Waals surface area contributed by atoms with E-state index in [1.165, 1.54) is 22.4 Å². The summed E-state index contributed by atoms with van der Waals surface area (Å²) >= 11 is 0. The van der Waals surface area contributed by atoms with Crippen molar-refractivity contribution in [2.24, 2.45) is 0 Å². The van der Waals surface area contributed by atoms with E-state index in [4.69, 9.17) is 0 Å². The number of fused-ring (bicyclic) bond motifs is 5. The van der Waals surface area contributed by atoms with E-state index in [0.29, 0.717) is 0 Å². The van der Waals surface area contributed by atoms with Crippen LogP contribution in [-0.4, -0.2) is 4.40 Å². The maximum absolute atomic E-state index is 13.7. The summed E-state index contributed by atoms with van der Waals surface area (Å²) in [5.74, 6) is -0.202. The Kier molecular flexibility index (Phi) is 2.80. The number of hydrogen-bond donors (Lipinski definition) is 0. The maximum atomic E-state index is 13.7. The SMILES string of the molecule is C=CCc1cccc2cc(C)n3c4cc(F)ccc4cc3c12. The molecule has 0 saturated heterocycles. The molecule has 0 spiro atoms. The van der Waals surface area contributed by atoms with Crippen molar-refractivity contribution in [2.45, 2.75) is 13.3 Å². The van der Waals surface area contributed by atoms with Gasteiger partial charge in [0.05, 0.1) is 11.0 Å². The number of nitrogens with zero attached hydrogens (tertiary/aromatic N) is 1. The molecule has 0 aliphatic rings. The smallest absolute Gasteiger partial charge is 0.125 e. The van der Waals surface area contributed by atoms with Crippen molar-refractivity contribution in [3.8, 4) is 0 Å². The third-order valence-electron chi connectivity index (χ3n) is 4.29. The van der Waals surface area contributed by atoms with Gasteiger partial charge in [-0.05, 0) is 54.6 Å². The van der Waals surface area contributed by atoms with Crippen LogP contribution in [0.5, 0.6) is 0 Å². The first kappa shape index (κ1) is 13.1. The minimum atomic E-state index is -0.202. The predicted octanol–water partition coefficient (Wildman–Crippen LogP) is 5.42. The van der Waals surface area contributed by atoms with Crippen LogP contribution >= 0.6 is 0 Å². The van der Waals surface area contributed by atoms with Gasteiger partial charge in [0, 0.05) is 16.5 Å². The first-order chi connectivity index (χ1) is 10.7. The molecule has 4 aromatic rings. The fourth-order valence-corrected chi connectivity index (χ4v) is 3.41. The summed E-state index contributed by atoms with van der Waals surface area (Å²) in [6.45, 7) is 5.92. The first-order valence-electron chi connectivity index (χ1n) is 7.42. The number of halogens is 1. The summed E-state index contributed by atoms with van der Waals surface area (Å²) in [6.07, 6.45) is 2.75. The van der Waals surface area contributed by atoms with Gasteiger partial charge in [-0.3, -0.25) is 0 Å². The van der Waals surface area contributed by atoms with Crippen LogP contribution in [0.25, 0.3) is 27.2 Å². The van der Waals surface area contributed by atoms with Gasteiger partial charge in [0.2, 0.25) is 0 Å². The van der Waals surface area contributed by atoms with Crippen LogP contribution in [0, 0.1) is 12.7 Å². The minimum Gasteiger partial charge on any atom is -0.313 e. The molecule has 22 heavy (non-hydrogen) atoms. The van der Waals surface area contributed by atoms with E-state index in [0.717, 1.165) is 28.5 Å². The van der Waals surface area contributed by atoms with Gasteiger partial charge < -0.3 is 4.40 Å². The highest BCUT2D eigenvalue weighted by atomic mass is 19.1. The van der Waals surface area contributed by atoms with E-state index in [9.17, 15) is 4.39 Å². The Morgan fingerprint density at radius 2 is 1.91 bits per heavy atom. The van der Waals surface area contributed by atoms with E-state index in [1.54, 1.807) is 6.07 Å². The number of aromatic nitrogens is 1. The second-order valence-electron chi connectivity index (χ2n) is 5.73. The monoisotopic (exact) mass is 289 g/mol. The molecular weight excluding hydrogens is 273 g/mol. The van der Waals surface area contributed by atoms with E-state index in [2.05, 4.69) is 48.2 Å². The second-order valence-corrected chi connectivity index (χ2v) is 5.73. The Morgan fingerprint density at radius 3 is 2.73 bits per heavy atom. The van der Waals surface area contributed by atoms with Crippen LogP contribution < -0.4 is 0 Å². The normalized spacial score (nSPS) is 11.5. The maximum Gasteiger partial charge on any atom is 0.125 e. The van der Waals surface area contributed by atoms with Crippen LogP contribution in [0.3, 0.4) is 0 Å². The Balaban J connectivity index is 2.27. The number of aryl methyl sites for hydroxylation is 1. The molecule has 0 unspecified atom stereocenters. The van der Waals surface area contributed by atoms with Crippen LogP contribution in [-0.2, 0) is 6.42 Å². The highest BCUT2D eigenvalue weighted by molar-refractivity contribution is 6.04. The highest BCUT2D eigenvalue weighted by Gasteiger charge is 2.11. The fourth-order valence-electron chi connectivity index (χ4n) is 3.41. The summed E-state index contributed by atoms with van der Waals surface area (Å²) in [6, 6.07) is 15.6. The predicted molar refractivity (Wildman–Crippen MR) is 91.0 cm³/mol. The molecule has 0 aliphatic heterocycles. The Hall–Kier alpha value is -2.61. The third kappa shape index (κ3) is 1.77. The van der Waals surface area contributed by atoms with Crippen LogP contribution in [0.1, 0.15) is 11.3 Å². The summed E-state index contributed by atoms with van der Waals surface area (Å²) in [5.41, 5.74) is 4.41. The molecule has 2 aromatic carbocycles. The molecule has 1 nitrogen and oxygen atoms in total. The lowest BCUT2D eigenvalue weighted by Crippen LogP contribution is -1.94. The van der Waals surface area contributed by atoms with Gasteiger partial charge >= 0.3 is 0 Å². The van der Waals surface area contributed by atoms with Gasteiger partial charge in [0.15, 0.2) is 0 Å². The quantitative estimate of drug-likeness (QED) is 0.434. The molecule has 2 heterocycles. The summed E-state index contributed by atoms with van der Waals surface area (Å²) in [4.78, 5) is 0. The third-order valence-corrected chi connectivity index (χ3v) is 4.29. The van der Waals surface area contributed by atoms with E-state index in [1.807, 2.05) is 12.1 Å². The van der Waals surface area contributed by atoms with Gasteiger partial charge in [-0.15, -0.1) is 6.58 Å². The first-order valence-corrected chi connectivity index (χ1v) is 7.42. The van der Waals surface area contributed by atoms with Crippen LogP contribution in [0.15, 0.2) is 61.2 Å². The zero-order valence-corrected chi connectivity index (χ0v) is 12.4. The molecule has 0 amide bonds. The molecule has 108 valence electrons. The van der Waals surface area contributed by atoms with Gasteiger partial charge in [0.25, 0.3) is 0 Å². The van der Waals surface area contributed by atoms with Crippen molar-refractivity contribution in [2.75, 3.05) is 0 Å². The lowest BCUT2D eigenvalue weighted by Gasteiger charge is -2.10. The number of benzene rings is 2. The standard InChI is InChI=1S/C20H16FN/c1-3-5-14-6-4-7-16-10-13(2)22-18-12-17(21)9-8-15(18)11-19(22)20(14)16/h3-4,6-12H,1,5H2,2H3. The van der Waals surface area contributed by atoms with Crippen molar-refractivity contribution in [1.82, 2.24) is 4.40 Å². The molecule has 0 saturated carbocycles. The molecule has 0 aliphatic carbocycles. The molecule has 0 radical (unpaired) electrons. The Labute approximate surface area is 128 Å². The zero-order valence-electron chi connectivity index (χ0n) is 12.4. The highest BCUT2D eigenvalue weighted by Crippen LogP contribution is 2.31. The van der Waals surface area contributed by atoms with Gasteiger partial charge in [0.1, 0.15) is 5.82 Å². The van der Waals surface area contributed by atoms with Gasteiger partial charge in [-0.2, -0.15) is 0 Å².